The maximum Gasteiger partial charge on any atom is 0.307 e. The summed E-state index contributed by atoms with van der Waals surface area (Å²) in [5.41, 5.74) is 1.96. The quantitative estimate of drug-likeness (QED) is 0.838. The van der Waals surface area contributed by atoms with Crippen LogP contribution in [0.5, 0.6) is 0 Å². The Balaban J connectivity index is 2.14. The smallest absolute Gasteiger partial charge is 0.307 e. The minimum absolute atomic E-state index is 0.0280. The van der Waals surface area contributed by atoms with Crippen molar-refractivity contribution in [3.05, 3.63) is 29.8 Å². The number of amides is 1. The fraction of sp³-hybridized carbons (Fsp3) is 0.500. The molecule has 114 valence electrons. The SMILES string of the molecule is COC(=O)CCN(C(=O)[C@@H]1CCCN1)c1ccc(C)cc1. The van der Waals surface area contributed by atoms with Crippen molar-refractivity contribution in [1.82, 2.24) is 5.32 Å². The van der Waals surface area contributed by atoms with Crippen molar-refractivity contribution < 1.29 is 14.3 Å². The highest BCUT2D eigenvalue weighted by atomic mass is 16.5. The number of benzene rings is 1. The number of nitrogens with zero attached hydrogens (tertiary/aromatic N) is 1. The molecule has 0 aliphatic carbocycles. The summed E-state index contributed by atoms with van der Waals surface area (Å²) >= 11 is 0. The Morgan fingerprint density at radius 2 is 2.05 bits per heavy atom. The van der Waals surface area contributed by atoms with Crippen molar-refractivity contribution in [2.75, 3.05) is 25.1 Å². The lowest BCUT2D eigenvalue weighted by Gasteiger charge is -2.25. The van der Waals surface area contributed by atoms with Gasteiger partial charge in [-0.2, -0.15) is 0 Å². The molecule has 1 aliphatic heterocycles. The van der Waals surface area contributed by atoms with Gasteiger partial charge in [0.15, 0.2) is 0 Å². The van der Waals surface area contributed by atoms with Crippen LogP contribution in [-0.2, 0) is 14.3 Å². The molecule has 0 spiro atoms. The summed E-state index contributed by atoms with van der Waals surface area (Å²) in [7, 11) is 1.36. The van der Waals surface area contributed by atoms with Crippen molar-refractivity contribution >= 4 is 17.6 Å². The molecule has 1 saturated heterocycles. The van der Waals surface area contributed by atoms with Crippen LogP contribution in [0.15, 0.2) is 24.3 Å². The van der Waals surface area contributed by atoms with Gasteiger partial charge < -0.3 is 15.0 Å². The first kappa shape index (κ1) is 15.5. The lowest BCUT2D eigenvalue weighted by Crippen LogP contribution is -2.44. The Morgan fingerprint density at radius 3 is 2.62 bits per heavy atom. The maximum atomic E-state index is 12.6. The fourth-order valence-corrected chi connectivity index (χ4v) is 2.48. The van der Waals surface area contributed by atoms with Gasteiger partial charge in [-0.3, -0.25) is 9.59 Å². The van der Waals surface area contributed by atoms with Gasteiger partial charge in [0.05, 0.1) is 19.6 Å². The number of hydrogen-bond acceptors (Lipinski definition) is 4. The molecule has 1 amide bonds. The molecule has 21 heavy (non-hydrogen) atoms. The molecule has 1 heterocycles. The number of ether oxygens (including phenoxy) is 1. The Hall–Kier alpha value is -1.88. The first-order valence-corrected chi connectivity index (χ1v) is 7.30. The summed E-state index contributed by atoms with van der Waals surface area (Å²) in [6.07, 6.45) is 2.05. The van der Waals surface area contributed by atoms with E-state index in [-0.39, 0.29) is 24.3 Å². The van der Waals surface area contributed by atoms with E-state index in [9.17, 15) is 9.59 Å². The van der Waals surface area contributed by atoms with Crippen LogP contribution in [0.1, 0.15) is 24.8 Å². The Morgan fingerprint density at radius 1 is 1.33 bits per heavy atom. The molecule has 1 atom stereocenters. The van der Waals surface area contributed by atoms with E-state index in [1.54, 1.807) is 4.90 Å². The number of carbonyl (C=O) groups excluding carboxylic acids is 2. The third kappa shape index (κ3) is 4.04. The van der Waals surface area contributed by atoms with Gasteiger partial charge in [0.2, 0.25) is 5.91 Å². The summed E-state index contributed by atoms with van der Waals surface area (Å²) in [6.45, 7) is 3.21. The molecule has 5 nitrogen and oxygen atoms in total. The normalized spacial score (nSPS) is 17.5. The van der Waals surface area contributed by atoms with Gasteiger partial charge in [-0.05, 0) is 38.4 Å². The number of methoxy groups -OCH3 is 1. The summed E-state index contributed by atoms with van der Waals surface area (Å²) in [5, 5.41) is 3.21. The Kier molecular flexibility index (Phi) is 5.33. The summed E-state index contributed by atoms with van der Waals surface area (Å²) < 4.78 is 4.67. The minimum Gasteiger partial charge on any atom is -0.469 e. The monoisotopic (exact) mass is 290 g/mol. The minimum atomic E-state index is -0.306. The fourth-order valence-electron chi connectivity index (χ4n) is 2.48. The summed E-state index contributed by atoms with van der Waals surface area (Å²) in [6, 6.07) is 7.62. The number of carbonyl (C=O) groups is 2. The second-order valence-electron chi connectivity index (χ2n) is 5.30. The van der Waals surface area contributed by atoms with E-state index in [2.05, 4.69) is 10.1 Å². The number of nitrogens with one attached hydrogen (secondary N) is 1. The highest BCUT2D eigenvalue weighted by Gasteiger charge is 2.28. The Labute approximate surface area is 125 Å². The first-order valence-electron chi connectivity index (χ1n) is 7.30. The van der Waals surface area contributed by atoms with Gasteiger partial charge in [0, 0.05) is 12.2 Å². The molecule has 0 saturated carbocycles. The van der Waals surface area contributed by atoms with Crippen LogP contribution in [0.2, 0.25) is 0 Å². The predicted molar refractivity (Wildman–Crippen MR) is 81.2 cm³/mol. The summed E-state index contributed by atoms with van der Waals surface area (Å²) in [5.74, 6) is -0.278. The Bertz CT molecular complexity index is 493. The van der Waals surface area contributed by atoms with E-state index in [1.165, 1.54) is 7.11 Å². The van der Waals surface area contributed by atoms with Crippen molar-refractivity contribution in [3.8, 4) is 0 Å². The molecule has 2 rings (SSSR count). The molecule has 1 aliphatic rings. The van der Waals surface area contributed by atoms with Crippen LogP contribution in [0.4, 0.5) is 5.69 Å². The third-order valence-corrected chi connectivity index (χ3v) is 3.74. The zero-order valence-electron chi connectivity index (χ0n) is 12.6. The van der Waals surface area contributed by atoms with Gasteiger partial charge in [-0.15, -0.1) is 0 Å². The molecule has 1 aromatic rings. The topological polar surface area (TPSA) is 58.6 Å². The summed E-state index contributed by atoms with van der Waals surface area (Å²) in [4.78, 5) is 25.7. The van der Waals surface area contributed by atoms with Crippen molar-refractivity contribution in [3.63, 3.8) is 0 Å². The molecule has 1 N–H and O–H groups in total. The third-order valence-electron chi connectivity index (χ3n) is 3.74. The van der Waals surface area contributed by atoms with E-state index >= 15 is 0 Å². The predicted octanol–water partition coefficient (Wildman–Crippen LogP) is 1.64. The second-order valence-corrected chi connectivity index (χ2v) is 5.30. The van der Waals surface area contributed by atoms with E-state index in [0.717, 1.165) is 30.6 Å². The van der Waals surface area contributed by atoms with Crippen molar-refractivity contribution in [2.45, 2.75) is 32.2 Å². The van der Waals surface area contributed by atoms with E-state index < -0.39 is 0 Å². The second kappa shape index (κ2) is 7.22. The average molecular weight is 290 g/mol. The van der Waals surface area contributed by atoms with Gasteiger partial charge in [-0.25, -0.2) is 0 Å². The lowest BCUT2D eigenvalue weighted by atomic mass is 10.1. The van der Waals surface area contributed by atoms with Gasteiger partial charge >= 0.3 is 5.97 Å². The van der Waals surface area contributed by atoms with E-state index in [0.29, 0.717) is 6.54 Å². The number of hydrogen-bond donors (Lipinski definition) is 1. The van der Waals surface area contributed by atoms with Crippen molar-refractivity contribution in [2.24, 2.45) is 0 Å². The molecule has 0 radical (unpaired) electrons. The molecule has 1 aromatic carbocycles. The molecule has 0 unspecified atom stereocenters. The average Bonchev–Trinajstić information content (AvgIpc) is 3.03. The standard InChI is InChI=1S/C16H22N2O3/c1-12-5-7-13(8-6-12)18(11-9-15(19)21-2)16(20)14-4-3-10-17-14/h5-8,14,17H,3-4,9-11H2,1-2H3/t14-/m0/s1. The highest BCUT2D eigenvalue weighted by Crippen LogP contribution is 2.19. The number of esters is 1. The van der Waals surface area contributed by atoms with Crippen LogP contribution in [0.25, 0.3) is 0 Å². The zero-order valence-corrected chi connectivity index (χ0v) is 12.6. The molecular weight excluding hydrogens is 268 g/mol. The highest BCUT2D eigenvalue weighted by molar-refractivity contribution is 5.97. The lowest BCUT2D eigenvalue weighted by molar-refractivity contribution is -0.140. The zero-order chi connectivity index (χ0) is 15.2. The van der Waals surface area contributed by atoms with Gasteiger partial charge in [-0.1, -0.05) is 17.7 Å². The van der Waals surface area contributed by atoms with Crippen molar-refractivity contribution in [1.29, 1.82) is 0 Å². The van der Waals surface area contributed by atoms with Crippen LogP contribution >= 0.6 is 0 Å². The van der Waals surface area contributed by atoms with E-state index in [4.69, 9.17) is 0 Å². The number of rotatable bonds is 5. The molecule has 0 bridgehead atoms. The largest absolute Gasteiger partial charge is 0.469 e. The molecule has 5 heteroatoms. The van der Waals surface area contributed by atoms with Crippen LogP contribution in [-0.4, -0.2) is 38.1 Å². The molecular formula is C16H22N2O3. The van der Waals surface area contributed by atoms with Gasteiger partial charge in [0.25, 0.3) is 0 Å². The van der Waals surface area contributed by atoms with Gasteiger partial charge in [0.1, 0.15) is 0 Å². The molecule has 1 fully saturated rings. The van der Waals surface area contributed by atoms with Crippen LogP contribution in [0.3, 0.4) is 0 Å². The van der Waals surface area contributed by atoms with E-state index in [1.807, 2.05) is 31.2 Å². The van der Waals surface area contributed by atoms with Crippen LogP contribution < -0.4 is 10.2 Å². The number of anilines is 1. The maximum absolute atomic E-state index is 12.6. The number of aryl methyl sites for hydroxylation is 1. The molecule has 0 aromatic heterocycles. The van der Waals surface area contributed by atoms with Crippen LogP contribution in [0, 0.1) is 6.92 Å². The first-order chi connectivity index (χ1) is 10.1.